The second kappa shape index (κ2) is 4.45. The number of aliphatic hydroxyl groups excluding tert-OH is 1. The van der Waals surface area contributed by atoms with Crippen molar-refractivity contribution in [3.8, 4) is 0 Å². The fourth-order valence-corrected chi connectivity index (χ4v) is 1.61. The Hall–Kier alpha value is -0.570. The van der Waals surface area contributed by atoms with E-state index in [-0.39, 0.29) is 18.1 Å². The van der Waals surface area contributed by atoms with Crippen molar-refractivity contribution in [3.63, 3.8) is 0 Å². The summed E-state index contributed by atoms with van der Waals surface area (Å²) in [4.78, 5) is 11.1. The lowest BCUT2D eigenvalue weighted by Crippen LogP contribution is -2.39. The molecule has 0 radical (unpaired) electrons. The molecular weight excluding hydrogens is 154 g/mol. The quantitative estimate of drug-likeness (QED) is 0.660. The molecule has 0 spiro atoms. The van der Waals surface area contributed by atoms with Crippen LogP contribution in [0.3, 0.4) is 0 Å². The number of nitrogens with one attached hydrogen (secondary N) is 1. The Labute approximate surface area is 73.2 Å². The molecule has 1 aliphatic carbocycles. The normalized spacial score (nSPS) is 28.8. The molecule has 3 heteroatoms. The van der Waals surface area contributed by atoms with Crippen LogP contribution in [0.1, 0.15) is 39.0 Å². The molecule has 3 nitrogen and oxygen atoms in total. The molecule has 0 heterocycles. The second-order valence-corrected chi connectivity index (χ2v) is 3.42. The SMILES string of the molecule is CCCC(=O)N[C@@H]1CCC[C@H]1O. The van der Waals surface area contributed by atoms with Gasteiger partial charge in [-0.15, -0.1) is 0 Å². The third-order valence-electron chi connectivity index (χ3n) is 2.30. The molecular formula is C9H17NO2. The van der Waals surface area contributed by atoms with Gasteiger partial charge in [-0.1, -0.05) is 6.92 Å². The van der Waals surface area contributed by atoms with Crippen molar-refractivity contribution in [1.82, 2.24) is 5.32 Å². The van der Waals surface area contributed by atoms with Gasteiger partial charge < -0.3 is 10.4 Å². The third kappa shape index (κ3) is 2.48. The maximum atomic E-state index is 11.1. The van der Waals surface area contributed by atoms with Crippen LogP contribution in [-0.2, 0) is 4.79 Å². The van der Waals surface area contributed by atoms with E-state index in [1.54, 1.807) is 0 Å². The standard InChI is InChI=1S/C9H17NO2/c1-2-4-9(12)10-7-5-3-6-8(7)11/h7-8,11H,2-6H2,1H3,(H,10,12)/t7-,8-/m1/s1. The molecule has 1 rings (SSSR count). The smallest absolute Gasteiger partial charge is 0.220 e. The zero-order valence-corrected chi connectivity index (χ0v) is 7.55. The molecule has 0 aromatic heterocycles. The summed E-state index contributed by atoms with van der Waals surface area (Å²) < 4.78 is 0. The number of amides is 1. The summed E-state index contributed by atoms with van der Waals surface area (Å²) in [7, 11) is 0. The van der Waals surface area contributed by atoms with Crippen LogP contribution in [0.15, 0.2) is 0 Å². The molecule has 70 valence electrons. The summed E-state index contributed by atoms with van der Waals surface area (Å²) in [6, 6.07) is 0.0176. The van der Waals surface area contributed by atoms with Crippen molar-refractivity contribution in [2.75, 3.05) is 0 Å². The Kier molecular flexibility index (Phi) is 3.53. The third-order valence-corrected chi connectivity index (χ3v) is 2.30. The number of hydrogen-bond donors (Lipinski definition) is 2. The first-order valence-electron chi connectivity index (χ1n) is 4.71. The van der Waals surface area contributed by atoms with Gasteiger partial charge in [0.2, 0.25) is 5.91 Å². The number of carbonyl (C=O) groups excluding carboxylic acids is 1. The first-order chi connectivity index (χ1) is 5.74. The monoisotopic (exact) mass is 171 g/mol. The van der Waals surface area contributed by atoms with Crippen LogP contribution in [0.5, 0.6) is 0 Å². The zero-order valence-electron chi connectivity index (χ0n) is 7.55. The molecule has 0 saturated heterocycles. The molecule has 0 bridgehead atoms. The van der Waals surface area contributed by atoms with Crippen LogP contribution in [0.2, 0.25) is 0 Å². The number of rotatable bonds is 3. The van der Waals surface area contributed by atoms with Crippen molar-refractivity contribution in [2.24, 2.45) is 0 Å². The summed E-state index contributed by atoms with van der Waals surface area (Å²) in [6.07, 6.45) is 3.91. The van der Waals surface area contributed by atoms with E-state index in [1.165, 1.54) is 0 Å². The van der Waals surface area contributed by atoms with E-state index in [0.29, 0.717) is 6.42 Å². The van der Waals surface area contributed by atoms with E-state index >= 15 is 0 Å². The van der Waals surface area contributed by atoms with E-state index in [9.17, 15) is 9.90 Å². The van der Waals surface area contributed by atoms with Gasteiger partial charge in [0.15, 0.2) is 0 Å². The van der Waals surface area contributed by atoms with Crippen molar-refractivity contribution in [1.29, 1.82) is 0 Å². The second-order valence-electron chi connectivity index (χ2n) is 3.42. The lowest BCUT2D eigenvalue weighted by molar-refractivity contribution is -0.122. The fraction of sp³-hybridized carbons (Fsp3) is 0.889. The van der Waals surface area contributed by atoms with Crippen molar-refractivity contribution < 1.29 is 9.90 Å². The molecule has 1 amide bonds. The van der Waals surface area contributed by atoms with Crippen LogP contribution < -0.4 is 5.32 Å². The van der Waals surface area contributed by atoms with Crippen LogP contribution >= 0.6 is 0 Å². The van der Waals surface area contributed by atoms with Crippen molar-refractivity contribution in [3.05, 3.63) is 0 Å². The molecule has 1 aliphatic rings. The first kappa shape index (κ1) is 9.52. The van der Waals surface area contributed by atoms with E-state index in [2.05, 4.69) is 5.32 Å². The number of aliphatic hydroxyl groups is 1. The highest BCUT2D eigenvalue weighted by molar-refractivity contribution is 5.76. The maximum absolute atomic E-state index is 11.1. The molecule has 0 unspecified atom stereocenters. The summed E-state index contributed by atoms with van der Waals surface area (Å²) >= 11 is 0. The van der Waals surface area contributed by atoms with Gasteiger partial charge in [-0.05, 0) is 25.7 Å². The summed E-state index contributed by atoms with van der Waals surface area (Å²) in [5.41, 5.74) is 0. The van der Waals surface area contributed by atoms with Crippen LogP contribution in [0.4, 0.5) is 0 Å². The van der Waals surface area contributed by atoms with Crippen molar-refractivity contribution >= 4 is 5.91 Å². The maximum Gasteiger partial charge on any atom is 0.220 e. The molecule has 0 aliphatic heterocycles. The Morgan fingerprint density at radius 2 is 2.33 bits per heavy atom. The molecule has 1 fully saturated rings. The topological polar surface area (TPSA) is 49.3 Å². The predicted octanol–water partition coefficient (Wildman–Crippen LogP) is 0.816. The van der Waals surface area contributed by atoms with E-state index in [1.807, 2.05) is 6.92 Å². The van der Waals surface area contributed by atoms with E-state index in [0.717, 1.165) is 25.7 Å². The summed E-state index contributed by atoms with van der Waals surface area (Å²) in [5, 5.41) is 12.2. The average Bonchev–Trinajstić information content (AvgIpc) is 2.37. The lowest BCUT2D eigenvalue weighted by Gasteiger charge is -2.15. The minimum atomic E-state index is -0.314. The Balaban J connectivity index is 2.25. The van der Waals surface area contributed by atoms with Gasteiger partial charge in [0.05, 0.1) is 12.1 Å². The fourth-order valence-electron chi connectivity index (χ4n) is 1.61. The summed E-state index contributed by atoms with van der Waals surface area (Å²) in [5.74, 6) is 0.0726. The Morgan fingerprint density at radius 1 is 1.58 bits per heavy atom. The van der Waals surface area contributed by atoms with Crippen LogP contribution in [0.25, 0.3) is 0 Å². The van der Waals surface area contributed by atoms with E-state index < -0.39 is 0 Å². The molecule has 0 aromatic carbocycles. The number of carbonyl (C=O) groups is 1. The highest BCUT2D eigenvalue weighted by Gasteiger charge is 2.25. The largest absolute Gasteiger partial charge is 0.391 e. The van der Waals surface area contributed by atoms with Gasteiger partial charge in [-0.3, -0.25) is 4.79 Å². The van der Waals surface area contributed by atoms with Crippen LogP contribution in [-0.4, -0.2) is 23.2 Å². The summed E-state index contributed by atoms with van der Waals surface area (Å²) in [6.45, 7) is 1.98. The first-order valence-corrected chi connectivity index (χ1v) is 4.71. The number of hydrogen-bond acceptors (Lipinski definition) is 2. The molecule has 1 saturated carbocycles. The average molecular weight is 171 g/mol. The molecule has 2 N–H and O–H groups in total. The highest BCUT2D eigenvalue weighted by atomic mass is 16.3. The molecule has 2 atom stereocenters. The minimum Gasteiger partial charge on any atom is -0.391 e. The van der Waals surface area contributed by atoms with Gasteiger partial charge in [0.1, 0.15) is 0 Å². The van der Waals surface area contributed by atoms with Gasteiger partial charge >= 0.3 is 0 Å². The predicted molar refractivity (Wildman–Crippen MR) is 46.7 cm³/mol. The van der Waals surface area contributed by atoms with E-state index in [4.69, 9.17) is 0 Å². The Bertz CT molecular complexity index is 159. The lowest BCUT2D eigenvalue weighted by atomic mass is 10.2. The van der Waals surface area contributed by atoms with Gasteiger partial charge in [-0.2, -0.15) is 0 Å². The van der Waals surface area contributed by atoms with Gasteiger partial charge in [-0.25, -0.2) is 0 Å². The van der Waals surface area contributed by atoms with Crippen LogP contribution in [0, 0.1) is 0 Å². The molecule has 0 aromatic rings. The van der Waals surface area contributed by atoms with Gasteiger partial charge in [0.25, 0.3) is 0 Å². The minimum absolute atomic E-state index is 0.0176. The molecule has 12 heavy (non-hydrogen) atoms. The van der Waals surface area contributed by atoms with Gasteiger partial charge in [0, 0.05) is 6.42 Å². The Morgan fingerprint density at radius 3 is 2.83 bits per heavy atom. The zero-order chi connectivity index (χ0) is 8.97. The highest BCUT2D eigenvalue weighted by Crippen LogP contribution is 2.18. The van der Waals surface area contributed by atoms with Crippen molar-refractivity contribution in [2.45, 2.75) is 51.2 Å².